The quantitative estimate of drug-likeness (QED) is 0.911. The van der Waals surface area contributed by atoms with Crippen LogP contribution in [0.1, 0.15) is 22.7 Å². The highest BCUT2D eigenvalue weighted by Gasteiger charge is 2.30. The van der Waals surface area contributed by atoms with Gasteiger partial charge in [0, 0.05) is 29.7 Å². The number of alkyl halides is 3. The standard InChI is InChI=1S/C15H16F3N3/c1-20-14(12-9-21-6-5-13(12)19)8-10-3-2-4-11(7-10)15(16,17)18/h2-7,9,14,20H,8H2,1H3,(H2,19,21). The Hall–Kier alpha value is -2.08. The predicted molar refractivity (Wildman–Crippen MR) is 75.6 cm³/mol. The Morgan fingerprint density at radius 3 is 2.67 bits per heavy atom. The molecule has 0 saturated heterocycles. The van der Waals surface area contributed by atoms with Crippen molar-refractivity contribution >= 4 is 5.69 Å². The van der Waals surface area contributed by atoms with Gasteiger partial charge in [-0.05, 0) is 31.2 Å². The van der Waals surface area contributed by atoms with Gasteiger partial charge in [0.25, 0.3) is 0 Å². The number of halogens is 3. The summed E-state index contributed by atoms with van der Waals surface area (Å²) in [6, 6.07) is 6.80. The molecule has 6 heteroatoms. The van der Waals surface area contributed by atoms with Gasteiger partial charge in [0.2, 0.25) is 0 Å². The van der Waals surface area contributed by atoms with Crippen molar-refractivity contribution in [2.45, 2.75) is 18.6 Å². The largest absolute Gasteiger partial charge is 0.416 e. The molecule has 1 atom stereocenters. The lowest BCUT2D eigenvalue weighted by molar-refractivity contribution is -0.137. The number of nitrogens with one attached hydrogen (secondary N) is 1. The Labute approximate surface area is 121 Å². The fraction of sp³-hybridized carbons (Fsp3) is 0.267. The van der Waals surface area contributed by atoms with E-state index in [1.54, 1.807) is 31.6 Å². The van der Waals surface area contributed by atoms with Crippen LogP contribution in [0.3, 0.4) is 0 Å². The molecule has 0 amide bonds. The summed E-state index contributed by atoms with van der Waals surface area (Å²) >= 11 is 0. The van der Waals surface area contributed by atoms with Crippen molar-refractivity contribution in [3.05, 3.63) is 59.4 Å². The molecule has 2 aromatic rings. The average molecular weight is 295 g/mol. The number of likely N-dealkylation sites (N-methyl/N-ethyl adjacent to an activating group) is 1. The molecule has 3 nitrogen and oxygen atoms in total. The fourth-order valence-electron chi connectivity index (χ4n) is 2.19. The topological polar surface area (TPSA) is 50.9 Å². The number of pyridine rings is 1. The van der Waals surface area contributed by atoms with Crippen molar-refractivity contribution in [2.24, 2.45) is 0 Å². The summed E-state index contributed by atoms with van der Waals surface area (Å²) in [5.41, 5.74) is 7.18. The molecular formula is C15H16F3N3. The van der Waals surface area contributed by atoms with Crippen LogP contribution in [0.5, 0.6) is 0 Å². The normalized spacial score (nSPS) is 13.1. The first kappa shape index (κ1) is 15.3. The van der Waals surface area contributed by atoms with Gasteiger partial charge in [0.1, 0.15) is 0 Å². The Balaban J connectivity index is 2.26. The monoisotopic (exact) mass is 295 g/mol. The minimum atomic E-state index is -4.33. The van der Waals surface area contributed by atoms with Crippen molar-refractivity contribution in [3.8, 4) is 0 Å². The molecule has 0 aliphatic rings. The molecule has 1 unspecified atom stereocenters. The summed E-state index contributed by atoms with van der Waals surface area (Å²) in [7, 11) is 1.74. The molecule has 2 rings (SSSR count). The van der Waals surface area contributed by atoms with Crippen molar-refractivity contribution in [1.29, 1.82) is 0 Å². The van der Waals surface area contributed by atoms with Crippen molar-refractivity contribution < 1.29 is 13.2 Å². The van der Waals surface area contributed by atoms with Gasteiger partial charge >= 0.3 is 6.18 Å². The lowest BCUT2D eigenvalue weighted by Gasteiger charge is -2.18. The molecular weight excluding hydrogens is 279 g/mol. The van der Waals surface area contributed by atoms with Crippen LogP contribution in [-0.2, 0) is 12.6 Å². The summed E-state index contributed by atoms with van der Waals surface area (Å²) in [4.78, 5) is 4.01. The van der Waals surface area contributed by atoms with E-state index >= 15 is 0 Å². The van der Waals surface area contributed by atoms with Crippen LogP contribution in [-0.4, -0.2) is 12.0 Å². The first-order valence-corrected chi connectivity index (χ1v) is 6.44. The first-order valence-electron chi connectivity index (χ1n) is 6.44. The summed E-state index contributed by atoms with van der Waals surface area (Å²) in [6.45, 7) is 0. The third-order valence-corrected chi connectivity index (χ3v) is 3.31. The third kappa shape index (κ3) is 3.72. The molecule has 112 valence electrons. The zero-order chi connectivity index (χ0) is 15.5. The van der Waals surface area contributed by atoms with E-state index in [1.807, 2.05) is 0 Å². The van der Waals surface area contributed by atoms with Crippen LogP contribution in [0.25, 0.3) is 0 Å². The molecule has 21 heavy (non-hydrogen) atoms. The number of rotatable bonds is 4. The first-order chi connectivity index (χ1) is 9.91. The number of aromatic nitrogens is 1. The van der Waals surface area contributed by atoms with E-state index in [9.17, 15) is 13.2 Å². The summed E-state index contributed by atoms with van der Waals surface area (Å²) in [6.07, 6.45) is -0.727. The van der Waals surface area contributed by atoms with E-state index in [0.717, 1.165) is 17.7 Å². The molecule has 1 aromatic carbocycles. The van der Waals surface area contributed by atoms with Crippen LogP contribution >= 0.6 is 0 Å². The van der Waals surface area contributed by atoms with E-state index in [4.69, 9.17) is 5.73 Å². The number of nitrogens with zero attached hydrogens (tertiary/aromatic N) is 1. The van der Waals surface area contributed by atoms with Crippen molar-refractivity contribution in [2.75, 3.05) is 12.8 Å². The number of nitrogens with two attached hydrogens (primary N) is 1. The second kappa shape index (κ2) is 6.13. The molecule has 0 spiro atoms. The highest BCUT2D eigenvalue weighted by atomic mass is 19.4. The van der Waals surface area contributed by atoms with Gasteiger partial charge in [-0.25, -0.2) is 0 Å². The minimum Gasteiger partial charge on any atom is -0.398 e. The van der Waals surface area contributed by atoms with Gasteiger partial charge in [0.05, 0.1) is 5.56 Å². The molecule has 1 heterocycles. The van der Waals surface area contributed by atoms with Crippen molar-refractivity contribution in [1.82, 2.24) is 10.3 Å². The number of nitrogen functional groups attached to an aromatic ring is 1. The lowest BCUT2D eigenvalue weighted by atomic mass is 9.98. The Morgan fingerprint density at radius 1 is 1.29 bits per heavy atom. The molecule has 0 bridgehead atoms. The number of anilines is 1. The van der Waals surface area contributed by atoms with Crippen LogP contribution in [0.2, 0.25) is 0 Å². The van der Waals surface area contributed by atoms with E-state index in [2.05, 4.69) is 10.3 Å². The van der Waals surface area contributed by atoms with Crippen LogP contribution < -0.4 is 11.1 Å². The fourth-order valence-corrected chi connectivity index (χ4v) is 2.19. The molecule has 1 aromatic heterocycles. The third-order valence-electron chi connectivity index (χ3n) is 3.31. The maximum Gasteiger partial charge on any atom is 0.416 e. The molecule has 0 aliphatic carbocycles. The van der Waals surface area contributed by atoms with Crippen LogP contribution in [0.4, 0.5) is 18.9 Å². The van der Waals surface area contributed by atoms with Gasteiger partial charge in [0.15, 0.2) is 0 Å². The SMILES string of the molecule is CNC(Cc1cccc(C(F)(F)F)c1)c1cnccc1N. The predicted octanol–water partition coefficient (Wildman–Crippen LogP) is 3.19. The van der Waals surface area contributed by atoms with Gasteiger partial charge < -0.3 is 11.1 Å². The summed E-state index contributed by atoms with van der Waals surface area (Å²) in [5.74, 6) is 0. The minimum absolute atomic E-state index is 0.192. The van der Waals surface area contributed by atoms with Gasteiger partial charge in [-0.1, -0.05) is 18.2 Å². The van der Waals surface area contributed by atoms with E-state index < -0.39 is 11.7 Å². The molecule has 0 radical (unpaired) electrons. The van der Waals surface area contributed by atoms with Gasteiger partial charge in [-0.15, -0.1) is 0 Å². The average Bonchev–Trinajstić information content (AvgIpc) is 2.45. The maximum atomic E-state index is 12.7. The maximum absolute atomic E-state index is 12.7. The highest BCUT2D eigenvalue weighted by Crippen LogP contribution is 2.31. The molecule has 0 saturated carbocycles. The number of hydrogen-bond acceptors (Lipinski definition) is 3. The zero-order valence-electron chi connectivity index (χ0n) is 11.5. The van der Waals surface area contributed by atoms with E-state index in [1.165, 1.54) is 6.07 Å². The highest BCUT2D eigenvalue weighted by molar-refractivity contribution is 5.46. The smallest absolute Gasteiger partial charge is 0.398 e. The molecule has 0 fully saturated rings. The Bertz CT molecular complexity index is 611. The van der Waals surface area contributed by atoms with Crippen LogP contribution in [0, 0.1) is 0 Å². The second-order valence-electron chi connectivity index (χ2n) is 4.75. The van der Waals surface area contributed by atoms with Crippen molar-refractivity contribution in [3.63, 3.8) is 0 Å². The Morgan fingerprint density at radius 2 is 2.05 bits per heavy atom. The summed E-state index contributed by atoms with van der Waals surface area (Å²) < 4.78 is 38.2. The number of hydrogen-bond donors (Lipinski definition) is 2. The molecule has 3 N–H and O–H groups in total. The number of benzene rings is 1. The van der Waals surface area contributed by atoms with Crippen LogP contribution in [0.15, 0.2) is 42.7 Å². The lowest BCUT2D eigenvalue weighted by Crippen LogP contribution is -2.20. The zero-order valence-corrected chi connectivity index (χ0v) is 11.5. The van der Waals surface area contributed by atoms with Gasteiger partial charge in [-0.2, -0.15) is 13.2 Å². The second-order valence-corrected chi connectivity index (χ2v) is 4.75. The van der Waals surface area contributed by atoms with E-state index in [-0.39, 0.29) is 6.04 Å². The Kier molecular flexibility index (Phi) is 4.47. The van der Waals surface area contributed by atoms with Gasteiger partial charge in [-0.3, -0.25) is 4.98 Å². The molecule has 0 aliphatic heterocycles. The summed E-state index contributed by atoms with van der Waals surface area (Å²) in [5, 5.41) is 3.06. The van der Waals surface area contributed by atoms with E-state index in [0.29, 0.717) is 17.7 Å².